The maximum atomic E-state index is 10.8. The van der Waals surface area contributed by atoms with Gasteiger partial charge in [-0.3, -0.25) is 15.0 Å². The predicted molar refractivity (Wildman–Crippen MR) is 84.2 cm³/mol. The number of benzene rings is 1. The van der Waals surface area contributed by atoms with Gasteiger partial charge in [-0.25, -0.2) is 4.68 Å². The summed E-state index contributed by atoms with van der Waals surface area (Å²) in [6, 6.07) is 6.06. The molecule has 9 heteroatoms. The van der Waals surface area contributed by atoms with Crippen LogP contribution in [-0.2, 0) is 6.67 Å². The van der Waals surface area contributed by atoms with Gasteiger partial charge in [-0.2, -0.15) is 0 Å². The minimum absolute atomic E-state index is 0.0303. The predicted octanol–water partition coefficient (Wildman–Crippen LogP) is 2.19. The second-order valence-corrected chi connectivity index (χ2v) is 5.84. The number of likely N-dealkylation sites (tertiary alicyclic amines) is 1. The van der Waals surface area contributed by atoms with Gasteiger partial charge < -0.3 is 9.52 Å². The number of aromatic nitrogens is 2. The van der Waals surface area contributed by atoms with Crippen molar-refractivity contribution in [3.63, 3.8) is 0 Å². The standard InChI is InChI=1S/C14H16N4O4S/c19-12-5-2-6-16(8-12)9-17-14(23)22-13(15-17)10-3-1-4-11(7-10)18(20)21/h1,3-4,7,12,19H,2,5-6,8-9H2/t12-/m0/s1. The summed E-state index contributed by atoms with van der Waals surface area (Å²) in [6.07, 6.45) is 1.39. The number of nitro benzene ring substituents is 1. The first-order valence-electron chi connectivity index (χ1n) is 7.26. The van der Waals surface area contributed by atoms with E-state index in [2.05, 4.69) is 5.10 Å². The van der Waals surface area contributed by atoms with E-state index >= 15 is 0 Å². The SMILES string of the molecule is O=[N+]([O-])c1cccc(-c2nn(CN3CCC[C@H](O)C3)c(=S)o2)c1. The fourth-order valence-corrected chi connectivity index (χ4v) is 2.79. The zero-order valence-electron chi connectivity index (χ0n) is 12.3. The highest BCUT2D eigenvalue weighted by Crippen LogP contribution is 2.23. The van der Waals surface area contributed by atoms with Crippen LogP contribution >= 0.6 is 12.2 Å². The number of non-ortho nitro benzene ring substituents is 1. The van der Waals surface area contributed by atoms with Crippen molar-refractivity contribution in [1.29, 1.82) is 0 Å². The number of aliphatic hydroxyl groups excluding tert-OH is 1. The fraction of sp³-hybridized carbons (Fsp3) is 0.429. The van der Waals surface area contributed by atoms with Gasteiger partial charge in [0.15, 0.2) is 0 Å². The van der Waals surface area contributed by atoms with E-state index < -0.39 is 4.92 Å². The molecule has 1 aliphatic rings. The van der Waals surface area contributed by atoms with Crippen LogP contribution in [0.3, 0.4) is 0 Å². The van der Waals surface area contributed by atoms with Crippen LogP contribution in [0.1, 0.15) is 12.8 Å². The summed E-state index contributed by atoms with van der Waals surface area (Å²) >= 11 is 5.17. The lowest BCUT2D eigenvalue weighted by Gasteiger charge is -2.29. The molecular formula is C14H16N4O4S. The Morgan fingerprint density at radius 3 is 3.09 bits per heavy atom. The average Bonchev–Trinajstić information content (AvgIpc) is 2.88. The quantitative estimate of drug-likeness (QED) is 0.519. The monoisotopic (exact) mass is 336 g/mol. The van der Waals surface area contributed by atoms with Crippen molar-refractivity contribution in [1.82, 2.24) is 14.7 Å². The minimum atomic E-state index is -0.468. The summed E-state index contributed by atoms with van der Waals surface area (Å²) < 4.78 is 6.99. The molecule has 8 nitrogen and oxygen atoms in total. The Morgan fingerprint density at radius 2 is 2.35 bits per heavy atom. The van der Waals surface area contributed by atoms with Gasteiger partial charge in [-0.05, 0) is 31.1 Å². The first-order chi connectivity index (χ1) is 11.0. The molecule has 1 aromatic carbocycles. The fourth-order valence-electron chi connectivity index (χ4n) is 2.61. The van der Waals surface area contributed by atoms with Crippen molar-refractivity contribution in [3.8, 4) is 11.5 Å². The van der Waals surface area contributed by atoms with E-state index in [0.717, 1.165) is 19.4 Å². The maximum absolute atomic E-state index is 10.8. The topological polar surface area (TPSA) is 97.6 Å². The van der Waals surface area contributed by atoms with Crippen molar-refractivity contribution in [2.75, 3.05) is 13.1 Å². The van der Waals surface area contributed by atoms with Crippen LogP contribution < -0.4 is 0 Å². The van der Waals surface area contributed by atoms with Crippen LogP contribution in [0.2, 0.25) is 0 Å². The molecule has 0 unspecified atom stereocenters. The van der Waals surface area contributed by atoms with Gasteiger partial charge in [0.25, 0.3) is 10.5 Å². The van der Waals surface area contributed by atoms with E-state index in [9.17, 15) is 15.2 Å². The van der Waals surface area contributed by atoms with Gasteiger partial charge in [0.2, 0.25) is 5.89 Å². The number of nitro groups is 1. The highest BCUT2D eigenvalue weighted by Gasteiger charge is 2.19. The van der Waals surface area contributed by atoms with Gasteiger partial charge in [0, 0.05) is 30.8 Å². The Hall–Kier alpha value is -2.10. The third-order valence-corrected chi connectivity index (χ3v) is 4.02. The summed E-state index contributed by atoms with van der Waals surface area (Å²) in [5.41, 5.74) is 0.472. The molecule has 122 valence electrons. The molecule has 0 amide bonds. The molecule has 1 N–H and O–H groups in total. The van der Waals surface area contributed by atoms with E-state index in [0.29, 0.717) is 18.8 Å². The highest BCUT2D eigenvalue weighted by atomic mass is 32.1. The van der Waals surface area contributed by atoms with Gasteiger partial charge in [0.1, 0.15) is 0 Å². The summed E-state index contributed by atoms with van der Waals surface area (Å²) in [7, 11) is 0. The Bertz CT molecular complexity index is 772. The van der Waals surface area contributed by atoms with Gasteiger partial charge in [0.05, 0.1) is 17.7 Å². The van der Waals surface area contributed by atoms with Crippen LogP contribution in [0.4, 0.5) is 5.69 Å². The summed E-state index contributed by atoms with van der Waals surface area (Å²) in [5.74, 6) is 0.247. The van der Waals surface area contributed by atoms with Crippen LogP contribution in [0.15, 0.2) is 28.7 Å². The van der Waals surface area contributed by atoms with Crippen molar-refractivity contribution < 1.29 is 14.4 Å². The highest BCUT2D eigenvalue weighted by molar-refractivity contribution is 7.71. The molecule has 2 aromatic rings. The number of aliphatic hydroxyl groups is 1. The number of hydrogen-bond donors (Lipinski definition) is 1. The summed E-state index contributed by atoms with van der Waals surface area (Å²) in [6.45, 7) is 1.85. The van der Waals surface area contributed by atoms with Gasteiger partial charge >= 0.3 is 0 Å². The van der Waals surface area contributed by atoms with Gasteiger partial charge in [-0.1, -0.05) is 6.07 Å². The summed E-state index contributed by atoms with van der Waals surface area (Å²) in [4.78, 5) is 12.6. The Morgan fingerprint density at radius 1 is 1.52 bits per heavy atom. The molecule has 23 heavy (non-hydrogen) atoms. The van der Waals surface area contributed by atoms with Crippen LogP contribution in [0.25, 0.3) is 11.5 Å². The van der Waals surface area contributed by atoms with Crippen molar-refractivity contribution >= 4 is 17.9 Å². The third kappa shape index (κ3) is 3.63. The molecule has 1 saturated heterocycles. The molecule has 1 aliphatic heterocycles. The molecule has 0 spiro atoms. The first kappa shape index (κ1) is 15.8. The normalized spacial score (nSPS) is 18.9. The van der Waals surface area contributed by atoms with E-state index in [1.807, 2.05) is 4.90 Å². The number of nitrogens with zero attached hydrogens (tertiary/aromatic N) is 4. The van der Waals surface area contributed by atoms with E-state index in [4.69, 9.17) is 16.6 Å². The van der Waals surface area contributed by atoms with Crippen molar-refractivity contribution in [2.45, 2.75) is 25.6 Å². The minimum Gasteiger partial charge on any atom is -0.409 e. The molecule has 1 aromatic heterocycles. The number of hydrogen-bond acceptors (Lipinski definition) is 7. The number of piperidine rings is 1. The Balaban J connectivity index is 1.82. The molecular weight excluding hydrogens is 320 g/mol. The van der Waals surface area contributed by atoms with E-state index in [1.165, 1.54) is 16.8 Å². The first-order valence-corrected chi connectivity index (χ1v) is 7.67. The van der Waals surface area contributed by atoms with Crippen molar-refractivity contribution in [2.24, 2.45) is 0 Å². The van der Waals surface area contributed by atoms with Crippen molar-refractivity contribution in [3.05, 3.63) is 39.2 Å². The molecule has 0 saturated carbocycles. The molecule has 0 radical (unpaired) electrons. The van der Waals surface area contributed by atoms with Gasteiger partial charge in [-0.15, -0.1) is 5.10 Å². The molecule has 2 heterocycles. The van der Waals surface area contributed by atoms with E-state index in [-0.39, 0.29) is 22.5 Å². The number of β-amino-alcohol motifs (C(OH)–C–C–N with tert-alkyl or cyclic N) is 1. The lowest BCUT2D eigenvalue weighted by atomic mass is 10.1. The molecule has 1 atom stereocenters. The second-order valence-electron chi connectivity index (χ2n) is 5.49. The third-order valence-electron chi connectivity index (χ3n) is 3.72. The van der Waals surface area contributed by atoms with E-state index in [1.54, 1.807) is 12.1 Å². The van der Waals surface area contributed by atoms with Crippen LogP contribution in [0.5, 0.6) is 0 Å². The zero-order valence-corrected chi connectivity index (χ0v) is 13.1. The van der Waals surface area contributed by atoms with Crippen LogP contribution in [-0.4, -0.2) is 43.9 Å². The molecule has 0 aliphatic carbocycles. The smallest absolute Gasteiger partial charge is 0.288 e. The Labute approximate surface area is 137 Å². The number of rotatable bonds is 4. The molecule has 0 bridgehead atoms. The Kier molecular flexibility index (Phi) is 4.51. The largest absolute Gasteiger partial charge is 0.409 e. The van der Waals surface area contributed by atoms with Crippen LogP contribution in [0, 0.1) is 15.0 Å². The second kappa shape index (κ2) is 6.57. The summed E-state index contributed by atoms with van der Waals surface area (Å²) in [5, 5.41) is 24.9. The lowest BCUT2D eigenvalue weighted by molar-refractivity contribution is -0.384. The maximum Gasteiger partial charge on any atom is 0.288 e. The average molecular weight is 336 g/mol. The molecule has 1 fully saturated rings. The lowest BCUT2D eigenvalue weighted by Crippen LogP contribution is -2.39. The zero-order chi connectivity index (χ0) is 16.4. The molecule has 3 rings (SSSR count).